The van der Waals surface area contributed by atoms with Gasteiger partial charge in [-0.15, -0.1) is 0 Å². The van der Waals surface area contributed by atoms with Crippen LogP contribution < -0.4 is 24.8 Å². The van der Waals surface area contributed by atoms with E-state index in [2.05, 4.69) is 15.6 Å². The number of carbonyl (C=O) groups excluding carboxylic acids is 1. The van der Waals surface area contributed by atoms with Crippen molar-refractivity contribution in [2.24, 2.45) is 4.99 Å². The summed E-state index contributed by atoms with van der Waals surface area (Å²) in [5.41, 5.74) is 1.51. The molecule has 1 heterocycles. The van der Waals surface area contributed by atoms with Gasteiger partial charge in [0.25, 0.3) is 0 Å². The van der Waals surface area contributed by atoms with Gasteiger partial charge in [-0.25, -0.2) is 0 Å². The van der Waals surface area contributed by atoms with Gasteiger partial charge < -0.3 is 24.8 Å². The zero-order valence-corrected chi connectivity index (χ0v) is 14.9. The zero-order valence-electron chi connectivity index (χ0n) is 14.9. The number of anilines is 1. The third-order valence-corrected chi connectivity index (χ3v) is 4.04. The van der Waals surface area contributed by atoms with Crippen LogP contribution in [0.25, 0.3) is 0 Å². The van der Waals surface area contributed by atoms with Crippen molar-refractivity contribution in [3.8, 4) is 17.2 Å². The lowest BCUT2D eigenvalue weighted by atomic mass is 10.2. The molecule has 3 rings (SSSR count). The lowest BCUT2D eigenvalue weighted by molar-refractivity contribution is -0.117. The van der Waals surface area contributed by atoms with E-state index in [1.807, 2.05) is 30.3 Å². The molecule has 7 nitrogen and oxygen atoms in total. The summed E-state index contributed by atoms with van der Waals surface area (Å²) in [7, 11) is 4.59. The number of benzene rings is 2. The van der Waals surface area contributed by atoms with Gasteiger partial charge in [0.15, 0.2) is 11.5 Å². The number of carbonyl (C=O) groups is 1. The first-order valence-electron chi connectivity index (χ1n) is 8.13. The van der Waals surface area contributed by atoms with Crippen LogP contribution in [0.1, 0.15) is 5.56 Å². The number of rotatable bonds is 6. The molecule has 1 aliphatic rings. The zero-order chi connectivity index (χ0) is 18.5. The number of hydrogen-bond acceptors (Lipinski definition) is 6. The molecule has 0 aliphatic carbocycles. The van der Waals surface area contributed by atoms with E-state index in [9.17, 15) is 4.79 Å². The number of aliphatic imine (C=N–C) groups is 1. The SMILES string of the molecule is COc1cc(NC(=O)C2CN=C(c3ccccc3)N2)cc(OC)c1OC. The van der Waals surface area contributed by atoms with Crippen molar-refractivity contribution in [1.82, 2.24) is 5.32 Å². The van der Waals surface area contributed by atoms with Gasteiger partial charge in [-0.1, -0.05) is 30.3 Å². The second kappa shape index (κ2) is 7.77. The van der Waals surface area contributed by atoms with E-state index in [0.29, 0.717) is 29.5 Å². The Morgan fingerprint density at radius 3 is 2.31 bits per heavy atom. The Balaban J connectivity index is 1.71. The van der Waals surface area contributed by atoms with Gasteiger partial charge >= 0.3 is 0 Å². The van der Waals surface area contributed by atoms with Crippen LogP contribution in [0, 0.1) is 0 Å². The average molecular weight is 355 g/mol. The highest BCUT2D eigenvalue weighted by Gasteiger charge is 2.26. The molecule has 0 fully saturated rings. The molecule has 0 aromatic heterocycles. The summed E-state index contributed by atoms with van der Waals surface area (Å²) in [6.07, 6.45) is 0. The third kappa shape index (κ3) is 3.56. The smallest absolute Gasteiger partial charge is 0.248 e. The molecule has 0 saturated heterocycles. The molecule has 0 spiro atoms. The van der Waals surface area contributed by atoms with Crippen LogP contribution in [0.15, 0.2) is 47.5 Å². The van der Waals surface area contributed by atoms with Crippen LogP contribution in [0.3, 0.4) is 0 Å². The Hall–Kier alpha value is -3.22. The predicted molar refractivity (Wildman–Crippen MR) is 99.5 cm³/mol. The van der Waals surface area contributed by atoms with Gasteiger partial charge in [-0.3, -0.25) is 9.79 Å². The molecular formula is C19H21N3O4. The van der Waals surface area contributed by atoms with Crippen molar-refractivity contribution in [2.75, 3.05) is 33.2 Å². The molecule has 2 aromatic rings. The number of hydrogen-bond donors (Lipinski definition) is 2. The van der Waals surface area contributed by atoms with Crippen molar-refractivity contribution >= 4 is 17.4 Å². The maximum atomic E-state index is 12.6. The lowest BCUT2D eigenvalue weighted by Crippen LogP contribution is -2.41. The summed E-state index contributed by atoms with van der Waals surface area (Å²) in [6.45, 7) is 0.375. The topological polar surface area (TPSA) is 81.2 Å². The van der Waals surface area contributed by atoms with Gasteiger partial charge in [-0.2, -0.15) is 0 Å². The molecule has 2 aromatic carbocycles. The normalized spacial score (nSPS) is 15.7. The summed E-state index contributed by atoms with van der Waals surface area (Å²) in [6, 6.07) is 12.6. The Kier molecular flexibility index (Phi) is 5.26. The quantitative estimate of drug-likeness (QED) is 0.829. The minimum atomic E-state index is -0.440. The lowest BCUT2D eigenvalue weighted by Gasteiger charge is -2.16. The molecular weight excluding hydrogens is 334 g/mol. The van der Waals surface area contributed by atoms with E-state index < -0.39 is 6.04 Å². The average Bonchev–Trinajstić information content (AvgIpc) is 3.18. The number of nitrogens with one attached hydrogen (secondary N) is 2. The van der Waals surface area contributed by atoms with E-state index in [4.69, 9.17) is 14.2 Å². The number of methoxy groups -OCH3 is 3. The van der Waals surface area contributed by atoms with Gasteiger partial charge in [-0.05, 0) is 0 Å². The van der Waals surface area contributed by atoms with Crippen LogP contribution in [0.4, 0.5) is 5.69 Å². The van der Waals surface area contributed by atoms with Crippen LogP contribution in [0.2, 0.25) is 0 Å². The number of amides is 1. The molecule has 1 atom stereocenters. The summed E-state index contributed by atoms with van der Waals surface area (Å²) >= 11 is 0. The van der Waals surface area contributed by atoms with E-state index in [0.717, 1.165) is 11.4 Å². The molecule has 1 amide bonds. The van der Waals surface area contributed by atoms with Crippen LogP contribution >= 0.6 is 0 Å². The first kappa shape index (κ1) is 17.6. The summed E-state index contributed by atoms with van der Waals surface area (Å²) < 4.78 is 15.9. The van der Waals surface area contributed by atoms with Crippen molar-refractivity contribution in [3.05, 3.63) is 48.0 Å². The fraction of sp³-hybridized carbons (Fsp3) is 0.263. The molecule has 0 bridgehead atoms. The third-order valence-electron chi connectivity index (χ3n) is 4.04. The maximum Gasteiger partial charge on any atom is 0.248 e. The van der Waals surface area contributed by atoms with Gasteiger partial charge in [0.05, 0.1) is 27.9 Å². The number of nitrogens with zero attached hydrogens (tertiary/aromatic N) is 1. The molecule has 26 heavy (non-hydrogen) atoms. The Labute approximate surface area is 152 Å². The number of amidine groups is 1. The van der Waals surface area contributed by atoms with Gasteiger partial charge in [0.1, 0.15) is 11.9 Å². The second-order valence-electron chi connectivity index (χ2n) is 5.66. The van der Waals surface area contributed by atoms with Crippen LogP contribution in [-0.2, 0) is 4.79 Å². The van der Waals surface area contributed by atoms with E-state index >= 15 is 0 Å². The van der Waals surface area contributed by atoms with Gasteiger partial charge in [0, 0.05) is 23.4 Å². The van der Waals surface area contributed by atoms with Crippen LogP contribution in [0.5, 0.6) is 17.2 Å². The van der Waals surface area contributed by atoms with Crippen molar-refractivity contribution in [3.63, 3.8) is 0 Å². The Morgan fingerprint density at radius 1 is 1.08 bits per heavy atom. The van der Waals surface area contributed by atoms with Crippen LogP contribution in [-0.4, -0.2) is 45.7 Å². The first-order chi connectivity index (χ1) is 12.7. The fourth-order valence-electron chi connectivity index (χ4n) is 2.74. The molecule has 136 valence electrons. The Morgan fingerprint density at radius 2 is 1.73 bits per heavy atom. The second-order valence-corrected chi connectivity index (χ2v) is 5.66. The minimum Gasteiger partial charge on any atom is -0.493 e. The van der Waals surface area contributed by atoms with Crippen molar-refractivity contribution in [1.29, 1.82) is 0 Å². The largest absolute Gasteiger partial charge is 0.493 e. The monoisotopic (exact) mass is 355 g/mol. The molecule has 7 heteroatoms. The highest BCUT2D eigenvalue weighted by Crippen LogP contribution is 2.39. The molecule has 1 unspecified atom stereocenters. The first-order valence-corrected chi connectivity index (χ1v) is 8.13. The maximum absolute atomic E-state index is 12.6. The molecule has 0 radical (unpaired) electrons. The predicted octanol–water partition coefficient (Wildman–Crippen LogP) is 2.07. The fourth-order valence-corrected chi connectivity index (χ4v) is 2.74. The summed E-state index contributed by atoms with van der Waals surface area (Å²) in [5, 5.41) is 6.02. The highest BCUT2D eigenvalue weighted by molar-refractivity contribution is 6.05. The van der Waals surface area contributed by atoms with E-state index in [1.54, 1.807) is 12.1 Å². The highest BCUT2D eigenvalue weighted by atomic mass is 16.5. The number of ether oxygens (including phenoxy) is 3. The van der Waals surface area contributed by atoms with Crippen molar-refractivity contribution in [2.45, 2.75) is 6.04 Å². The van der Waals surface area contributed by atoms with E-state index in [1.165, 1.54) is 21.3 Å². The van der Waals surface area contributed by atoms with E-state index in [-0.39, 0.29) is 5.91 Å². The van der Waals surface area contributed by atoms with Crippen molar-refractivity contribution < 1.29 is 19.0 Å². The molecule has 2 N–H and O–H groups in total. The molecule has 1 aliphatic heterocycles. The molecule has 0 saturated carbocycles. The summed E-state index contributed by atoms with van der Waals surface area (Å²) in [4.78, 5) is 17.0. The summed E-state index contributed by atoms with van der Waals surface area (Å²) in [5.74, 6) is 1.96. The van der Waals surface area contributed by atoms with Gasteiger partial charge in [0.2, 0.25) is 11.7 Å². The minimum absolute atomic E-state index is 0.186. The Bertz CT molecular complexity index is 796. The standard InChI is InChI=1S/C19H21N3O4/c1-24-15-9-13(10-16(25-2)17(15)26-3)21-19(23)14-11-20-18(22-14)12-7-5-4-6-8-12/h4-10,14H,11H2,1-3H3,(H,20,22)(H,21,23).